The van der Waals surface area contributed by atoms with Gasteiger partial charge in [0.2, 0.25) is 0 Å². The van der Waals surface area contributed by atoms with Gasteiger partial charge in [-0.05, 0) is 52.6 Å². The van der Waals surface area contributed by atoms with Crippen LogP contribution in [0.25, 0.3) is 10.8 Å². The molecule has 6 nitrogen and oxygen atoms in total. The fourth-order valence-corrected chi connectivity index (χ4v) is 6.81. The van der Waals surface area contributed by atoms with Gasteiger partial charge in [-0.3, -0.25) is 14.3 Å². The SMILES string of the molecule is O=C(O)[C@@H]1CSc2c(C3CC3)c(Cc3cccc4ccccc34)c(CN3CCOCC3)c(=O)n21. The molecule has 1 aromatic heterocycles. The Kier molecular flexibility index (Phi) is 5.71. The molecule has 3 aromatic rings. The van der Waals surface area contributed by atoms with Crippen molar-refractivity contribution in [2.45, 2.75) is 42.8 Å². The molecule has 2 aromatic carbocycles. The van der Waals surface area contributed by atoms with E-state index in [0.29, 0.717) is 37.9 Å². The van der Waals surface area contributed by atoms with Crippen molar-refractivity contribution in [2.24, 2.45) is 0 Å². The molecule has 7 heteroatoms. The smallest absolute Gasteiger partial charge is 0.327 e. The van der Waals surface area contributed by atoms with Crippen LogP contribution < -0.4 is 5.56 Å². The normalized spacial score (nSPS) is 20.5. The van der Waals surface area contributed by atoms with Crippen molar-refractivity contribution in [3.63, 3.8) is 0 Å². The monoisotopic (exact) mass is 476 g/mol. The highest BCUT2D eigenvalue weighted by Crippen LogP contribution is 2.49. The zero-order valence-corrected chi connectivity index (χ0v) is 19.9. The van der Waals surface area contributed by atoms with Crippen LogP contribution >= 0.6 is 11.8 Å². The number of nitrogens with zero attached hydrogens (tertiary/aromatic N) is 2. The minimum absolute atomic E-state index is 0.126. The van der Waals surface area contributed by atoms with Crippen LogP contribution in [0.4, 0.5) is 0 Å². The van der Waals surface area contributed by atoms with Gasteiger partial charge in [0.25, 0.3) is 5.56 Å². The number of rotatable bonds is 6. The summed E-state index contributed by atoms with van der Waals surface area (Å²) in [4.78, 5) is 28.3. The molecule has 1 saturated carbocycles. The standard InChI is InChI=1S/C27H28N2O4S/c30-25-22(15-28-10-12-33-13-11-28)21(14-19-6-3-5-17-4-1-2-7-20(17)19)24(18-8-9-18)26-29(25)23(16-34-26)27(31)32/h1-7,18,23H,8-16H2,(H,31,32)/t23-/m0/s1. The number of carboxylic acids is 1. The summed E-state index contributed by atoms with van der Waals surface area (Å²) < 4.78 is 7.13. The lowest BCUT2D eigenvalue weighted by Crippen LogP contribution is -2.40. The van der Waals surface area contributed by atoms with Crippen molar-refractivity contribution < 1.29 is 14.6 Å². The lowest BCUT2D eigenvalue weighted by atomic mass is 9.91. The van der Waals surface area contributed by atoms with E-state index in [1.807, 2.05) is 0 Å². The topological polar surface area (TPSA) is 71.8 Å². The summed E-state index contributed by atoms with van der Waals surface area (Å²) in [6, 6.07) is 14.0. The summed E-state index contributed by atoms with van der Waals surface area (Å²) in [7, 11) is 0. The maximum atomic E-state index is 13.9. The Balaban J connectivity index is 1.55. The number of fused-ring (bicyclic) bond motifs is 2. The fraction of sp³-hybridized carbons (Fsp3) is 0.407. The van der Waals surface area contributed by atoms with Crippen LogP contribution in [0.5, 0.6) is 0 Å². The zero-order chi connectivity index (χ0) is 23.2. The summed E-state index contributed by atoms with van der Waals surface area (Å²) in [6.07, 6.45) is 2.89. The average Bonchev–Trinajstić information content (AvgIpc) is 3.59. The van der Waals surface area contributed by atoms with E-state index in [1.54, 1.807) is 16.3 Å². The third kappa shape index (κ3) is 3.85. The first-order valence-corrected chi connectivity index (χ1v) is 13.0. The number of morpholine rings is 1. The zero-order valence-electron chi connectivity index (χ0n) is 19.0. The molecule has 0 bridgehead atoms. The first-order chi connectivity index (χ1) is 16.6. The number of hydrogen-bond acceptors (Lipinski definition) is 5. The molecule has 1 N–H and O–H groups in total. The van der Waals surface area contributed by atoms with Gasteiger partial charge in [-0.2, -0.15) is 0 Å². The van der Waals surface area contributed by atoms with Crippen molar-refractivity contribution in [3.05, 3.63) is 75.1 Å². The van der Waals surface area contributed by atoms with E-state index < -0.39 is 12.0 Å². The van der Waals surface area contributed by atoms with Crippen molar-refractivity contribution in [2.75, 3.05) is 32.1 Å². The van der Waals surface area contributed by atoms with E-state index in [1.165, 1.54) is 21.9 Å². The molecule has 1 aliphatic carbocycles. The van der Waals surface area contributed by atoms with E-state index in [-0.39, 0.29) is 5.56 Å². The average molecular weight is 477 g/mol. The van der Waals surface area contributed by atoms with Crippen molar-refractivity contribution in [1.29, 1.82) is 0 Å². The lowest BCUT2D eigenvalue weighted by Gasteiger charge is -2.29. The van der Waals surface area contributed by atoms with E-state index >= 15 is 0 Å². The van der Waals surface area contributed by atoms with Gasteiger partial charge < -0.3 is 9.84 Å². The Hall–Kier alpha value is -2.61. The van der Waals surface area contributed by atoms with Gasteiger partial charge in [0.15, 0.2) is 0 Å². The van der Waals surface area contributed by atoms with Crippen LogP contribution in [0.3, 0.4) is 0 Å². The number of benzene rings is 2. The highest BCUT2D eigenvalue weighted by molar-refractivity contribution is 7.99. The Morgan fingerprint density at radius 1 is 1.06 bits per heavy atom. The Labute approximate surface area is 202 Å². The number of aliphatic carboxylic acids is 1. The number of aromatic nitrogens is 1. The minimum atomic E-state index is -0.922. The van der Waals surface area contributed by atoms with Crippen molar-refractivity contribution >= 4 is 28.5 Å². The Bertz CT molecular complexity index is 1320. The molecule has 2 aliphatic heterocycles. The number of carbonyl (C=O) groups is 1. The van der Waals surface area contributed by atoms with E-state index in [0.717, 1.165) is 42.1 Å². The second kappa shape index (κ2) is 8.87. The van der Waals surface area contributed by atoms with Gasteiger partial charge in [-0.25, -0.2) is 4.79 Å². The van der Waals surface area contributed by atoms with Crippen LogP contribution in [0.2, 0.25) is 0 Å². The van der Waals surface area contributed by atoms with Gasteiger partial charge in [-0.15, -0.1) is 11.8 Å². The molecule has 0 amide bonds. The molecule has 0 spiro atoms. The van der Waals surface area contributed by atoms with Gasteiger partial charge in [-0.1, -0.05) is 42.5 Å². The number of ether oxygens (including phenoxy) is 1. The molecule has 176 valence electrons. The predicted molar refractivity (Wildman–Crippen MR) is 133 cm³/mol. The second-order valence-corrected chi connectivity index (χ2v) is 10.5. The molecule has 0 unspecified atom stereocenters. The van der Waals surface area contributed by atoms with Crippen LogP contribution in [-0.4, -0.2) is 52.6 Å². The van der Waals surface area contributed by atoms with E-state index in [2.05, 4.69) is 47.4 Å². The number of hydrogen-bond donors (Lipinski definition) is 1. The lowest BCUT2D eigenvalue weighted by molar-refractivity contribution is -0.140. The molecule has 6 rings (SSSR count). The molecule has 2 fully saturated rings. The predicted octanol–water partition coefficient (Wildman–Crippen LogP) is 4.03. The van der Waals surface area contributed by atoms with Crippen molar-refractivity contribution in [1.82, 2.24) is 9.47 Å². The first-order valence-electron chi connectivity index (χ1n) is 12.0. The summed E-state index contributed by atoms with van der Waals surface area (Å²) in [5.41, 5.74) is 4.21. The highest BCUT2D eigenvalue weighted by Gasteiger charge is 2.39. The molecule has 3 aliphatic rings. The van der Waals surface area contributed by atoms with E-state index in [4.69, 9.17) is 4.74 Å². The number of pyridine rings is 1. The van der Waals surface area contributed by atoms with Gasteiger partial charge in [0, 0.05) is 31.0 Å². The third-order valence-corrected chi connectivity index (χ3v) is 8.48. The summed E-state index contributed by atoms with van der Waals surface area (Å²) >= 11 is 1.55. The number of carboxylic acid groups (broad SMARTS) is 1. The molecule has 1 atom stereocenters. The van der Waals surface area contributed by atoms with Crippen molar-refractivity contribution in [3.8, 4) is 0 Å². The minimum Gasteiger partial charge on any atom is -0.480 e. The van der Waals surface area contributed by atoms with E-state index in [9.17, 15) is 14.7 Å². The third-order valence-electron chi connectivity index (χ3n) is 7.31. The summed E-state index contributed by atoms with van der Waals surface area (Å²) in [5.74, 6) is -0.0940. The molecular formula is C27H28N2O4S. The summed E-state index contributed by atoms with van der Waals surface area (Å²) in [6.45, 7) is 3.43. The molecular weight excluding hydrogens is 448 g/mol. The Morgan fingerprint density at radius 2 is 1.82 bits per heavy atom. The van der Waals surface area contributed by atoms with Crippen LogP contribution in [0, 0.1) is 0 Å². The van der Waals surface area contributed by atoms with Crippen LogP contribution in [-0.2, 0) is 22.5 Å². The Morgan fingerprint density at radius 3 is 2.59 bits per heavy atom. The van der Waals surface area contributed by atoms with Crippen LogP contribution in [0.1, 0.15) is 47.1 Å². The molecule has 1 saturated heterocycles. The maximum Gasteiger partial charge on any atom is 0.327 e. The highest BCUT2D eigenvalue weighted by atomic mass is 32.2. The van der Waals surface area contributed by atoms with Crippen LogP contribution in [0.15, 0.2) is 52.3 Å². The fourth-order valence-electron chi connectivity index (χ4n) is 5.41. The largest absolute Gasteiger partial charge is 0.480 e. The quantitative estimate of drug-likeness (QED) is 0.579. The van der Waals surface area contributed by atoms with Gasteiger partial charge in [0.1, 0.15) is 6.04 Å². The molecule has 3 heterocycles. The van der Waals surface area contributed by atoms with Gasteiger partial charge in [0.05, 0.1) is 18.2 Å². The maximum absolute atomic E-state index is 13.9. The first kappa shape index (κ1) is 21.9. The summed E-state index contributed by atoms with van der Waals surface area (Å²) in [5, 5.41) is 13.2. The van der Waals surface area contributed by atoms with Gasteiger partial charge >= 0.3 is 5.97 Å². The molecule has 34 heavy (non-hydrogen) atoms. The molecule has 0 radical (unpaired) electrons. The number of thioether (sulfide) groups is 1. The second-order valence-electron chi connectivity index (χ2n) is 9.49.